The molecule has 1 unspecified atom stereocenters. The lowest BCUT2D eigenvalue weighted by Gasteiger charge is -2.38. The van der Waals surface area contributed by atoms with Gasteiger partial charge in [0, 0.05) is 32.4 Å². The number of carbonyl (C=O) groups excluding carboxylic acids is 2. The highest BCUT2D eigenvalue weighted by Crippen LogP contribution is 2.41. The van der Waals surface area contributed by atoms with Crippen LogP contribution in [-0.2, 0) is 9.47 Å². The summed E-state index contributed by atoms with van der Waals surface area (Å²) in [5, 5.41) is 1.89. The minimum Gasteiger partial charge on any atom is -0.491 e. The number of hydrogen-bond acceptors (Lipinski definition) is 9. The Kier molecular flexibility index (Phi) is 7.44. The molecule has 12 nitrogen and oxygen atoms in total. The number of alkyl halides is 3. The van der Waals surface area contributed by atoms with Crippen LogP contribution >= 0.6 is 0 Å². The number of nitrogens with one attached hydrogen (secondary N) is 1. The van der Waals surface area contributed by atoms with E-state index >= 15 is 0 Å². The summed E-state index contributed by atoms with van der Waals surface area (Å²) in [5.74, 6) is -1.26. The lowest BCUT2D eigenvalue weighted by Crippen LogP contribution is -2.52. The third kappa shape index (κ3) is 5.86. The maximum Gasteiger partial charge on any atom is 0.408 e. The maximum absolute atomic E-state index is 13.9. The average Bonchev–Trinajstić information content (AvgIpc) is 3.48. The number of pyridine rings is 1. The molecule has 1 N–H and O–H groups in total. The summed E-state index contributed by atoms with van der Waals surface area (Å²) in [5.41, 5.74) is 0.947. The van der Waals surface area contributed by atoms with Gasteiger partial charge in [0.05, 0.1) is 18.3 Å². The average molecular weight is 580 g/mol. The summed E-state index contributed by atoms with van der Waals surface area (Å²) < 4.78 is 56.3. The second-order valence-corrected chi connectivity index (χ2v) is 10.8. The summed E-state index contributed by atoms with van der Waals surface area (Å²) in [6.07, 6.45) is -2.72. The Morgan fingerprint density at radius 2 is 2.07 bits per heavy atom. The van der Waals surface area contributed by atoms with Gasteiger partial charge in [-0.25, -0.2) is 19.7 Å². The van der Waals surface area contributed by atoms with E-state index in [2.05, 4.69) is 15.0 Å². The monoisotopic (exact) mass is 579 g/mol. The van der Waals surface area contributed by atoms with Crippen molar-refractivity contribution in [3.05, 3.63) is 29.8 Å². The van der Waals surface area contributed by atoms with Gasteiger partial charge < -0.3 is 24.4 Å². The normalized spacial score (nSPS) is 21.9. The first-order valence-corrected chi connectivity index (χ1v) is 13.2. The molecule has 2 saturated heterocycles. The number of anilines is 3. The van der Waals surface area contributed by atoms with Crippen LogP contribution in [0.3, 0.4) is 0 Å². The van der Waals surface area contributed by atoms with Crippen molar-refractivity contribution in [2.75, 3.05) is 48.1 Å². The molecule has 3 aliphatic rings. The topological polar surface area (TPSA) is 122 Å². The van der Waals surface area contributed by atoms with E-state index < -0.39 is 35.8 Å². The highest BCUT2D eigenvalue weighted by atomic mass is 19.4. The molecule has 0 saturated carbocycles. The largest absolute Gasteiger partial charge is 0.491 e. The molecule has 15 heteroatoms. The molecule has 0 spiro atoms. The van der Waals surface area contributed by atoms with Crippen LogP contribution in [0.25, 0.3) is 0 Å². The molecular formula is C26H32F3N7O5. The lowest BCUT2D eigenvalue weighted by molar-refractivity contribution is -0.149. The first-order chi connectivity index (χ1) is 19.2. The third-order valence-electron chi connectivity index (χ3n) is 7.21. The van der Waals surface area contributed by atoms with Crippen LogP contribution in [0.2, 0.25) is 0 Å². The first-order valence-electron chi connectivity index (χ1n) is 13.2. The van der Waals surface area contributed by atoms with E-state index in [-0.39, 0.29) is 24.6 Å². The zero-order valence-electron chi connectivity index (χ0n) is 23.4. The molecule has 2 bridgehead atoms. The third-order valence-corrected chi connectivity index (χ3v) is 7.21. The lowest BCUT2D eigenvalue weighted by atomic mass is 10.1. The molecule has 3 amide bonds. The van der Waals surface area contributed by atoms with Gasteiger partial charge in [0.25, 0.3) is 5.91 Å². The Labute approximate surface area is 234 Å². The Hall–Kier alpha value is -3.72. The Morgan fingerprint density at radius 1 is 1.32 bits per heavy atom. The van der Waals surface area contributed by atoms with Crippen molar-refractivity contribution >= 4 is 29.3 Å². The second kappa shape index (κ2) is 10.6. The Balaban J connectivity index is 1.38. The van der Waals surface area contributed by atoms with E-state index in [1.54, 1.807) is 26.1 Å². The van der Waals surface area contributed by atoms with Crippen molar-refractivity contribution in [1.29, 1.82) is 0 Å². The number of hydrogen-bond donors (Lipinski definition) is 1. The van der Waals surface area contributed by atoms with Gasteiger partial charge in [0.15, 0.2) is 11.6 Å². The smallest absolute Gasteiger partial charge is 0.408 e. The number of nitrogens with zero attached hydrogens (tertiary/aromatic N) is 6. The Bertz CT molecular complexity index is 1340. The molecule has 3 aliphatic heterocycles. The van der Waals surface area contributed by atoms with E-state index in [0.717, 1.165) is 6.92 Å². The summed E-state index contributed by atoms with van der Waals surface area (Å²) >= 11 is 0. The van der Waals surface area contributed by atoms with Gasteiger partial charge in [-0.1, -0.05) is 0 Å². The van der Waals surface area contributed by atoms with E-state index in [1.807, 2.05) is 24.1 Å². The number of amides is 3. The van der Waals surface area contributed by atoms with Crippen molar-refractivity contribution in [2.45, 2.75) is 64.3 Å². The van der Waals surface area contributed by atoms with E-state index in [4.69, 9.17) is 14.2 Å². The SMILES string of the molecule is Cc1nc(C(=O)N[C@H](C)C(F)(F)F)nc2c1N1CCC(C1)N2C(=O)N(C)c1cc(OC[C@H]2COC(C)(C)O2)ccn1. The highest BCUT2D eigenvalue weighted by molar-refractivity contribution is 6.06. The standard InChI is InChI=1S/C26H32F3N7O5/c1-14-20-22(33-21(31-14)23(37)32-15(2)26(27,28)29)36(16-7-9-35(20)11-16)24(38)34(5)19-10-17(6-8-30-19)39-12-18-13-40-25(3,4)41-18/h6,8,10,15-16,18H,7,9,11-13H2,1-5H3,(H,32,37)/t15-,16?,18+/m1/s1. The van der Waals surface area contributed by atoms with Crippen LogP contribution in [0, 0.1) is 6.92 Å². The van der Waals surface area contributed by atoms with Crippen LogP contribution in [0.1, 0.15) is 43.5 Å². The molecule has 3 atom stereocenters. The zero-order valence-corrected chi connectivity index (χ0v) is 23.4. The van der Waals surface area contributed by atoms with Crippen molar-refractivity contribution < 1.29 is 37.0 Å². The second-order valence-electron chi connectivity index (χ2n) is 10.8. The minimum absolute atomic E-state index is 0.168. The van der Waals surface area contributed by atoms with Crippen molar-refractivity contribution in [2.24, 2.45) is 0 Å². The van der Waals surface area contributed by atoms with Gasteiger partial charge in [-0.05, 0) is 40.2 Å². The summed E-state index contributed by atoms with van der Waals surface area (Å²) in [6, 6.07) is 0.451. The molecule has 0 radical (unpaired) electrons. The van der Waals surface area contributed by atoms with Gasteiger partial charge in [-0.15, -0.1) is 0 Å². The first kappa shape index (κ1) is 28.8. The minimum atomic E-state index is -4.63. The fourth-order valence-electron chi connectivity index (χ4n) is 5.08. The number of halogens is 3. The van der Waals surface area contributed by atoms with E-state index in [9.17, 15) is 22.8 Å². The van der Waals surface area contributed by atoms with Crippen LogP contribution in [-0.4, -0.2) is 90.4 Å². The van der Waals surface area contributed by atoms with Gasteiger partial charge in [0.2, 0.25) is 5.82 Å². The Morgan fingerprint density at radius 3 is 2.76 bits per heavy atom. The van der Waals surface area contributed by atoms with Gasteiger partial charge in [-0.3, -0.25) is 14.6 Å². The molecule has 41 heavy (non-hydrogen) atoms. The number of urea groups is 1. The molecule has 2 aromatic heterocycles. The van der Waals surface area contributed by atoms with Gasteiger partial charge in [0.1, 0.15) is 36.0 Å². The van der Waals surface area contributed by atoms with Crippen LogP contribution < -0.4 is 24.8 Å². The highest BCUT2D eigenvalue weighted by Gasteiger charge is 2.44. The number of rotatable bonds is 6. The van der Waals surface area contributed by atoms with E-state index in [0.29, 0.717) is 49.1 Å². The van der Waals surface area contributed by atoms with Crippen LogP contribution in [0.5, 0.6) is 5.75 Å². The van der Waals surface area contributed by atoms with Crippen molar-refractivity contribution in [3.8, 4) is 5.75 Å². The van der Waals surface area contributed by atoms with Crippen molar-refractivity contribution in [1.82, 2.24) is 20.3 Å². The van der Waals surface area contributed by atoms with Crippen molar-refractivity contribution in [3.63, 3.8) is 0 Å². The zero-order chi connectivity index (χ0) is 29.7. The number of aromatic nitrogens is 3. The molecule has 0 aliphatic carbocycles. The fourth-order valence-corrected chi connectivity index (χ4v) is 5.08. The number of aryl methyl sites for hydroxylation is 1. The van der Waals surface area contributed by atoms with Crippen LogP contribution in [0.4, 0.5) is 35.3 Å². The number of carbonyl (C=O) groups is 2. The van der Waals surface area contributed by atoms with Gasteiger partial charge >= 0.3 is 12.2 Å². The molecule has 222 valence electrons. The number of fused-ring (bicyclic) bond motifs is 4. The molecule has 2 aromatic rings. The molecule has 5 heterocycles. The van der Waals surface area contributed by atoms with E-state index in [1.165, 1.54) is 16.0 Å². The summed E-state index contributed by atoms with van der Waals surface area (Å²) in [7, 11) is 1.55. The fraction of sp³-hybridized carbons (Fsp3) is 0.577. The maximum atomic E-state index is 13.9. The quantitative estimate of drug-likeness (QED) is 0.550. The predicted molar refractivity (Wildman–Crippen MR) is 141 cm³/mol. The van der Waals surface area contributed by atoms with Crippen LogP contribution in [0.15, 0.2) is 18.3 Å². The summed E-state index contributed by atoms with van der Waals surface area (Å²) in [4.78, 5) is 44.2. The molecular weight excluding hydrogens is 547 g/mol. The summed E-state index contributed by atoms with van der Waals surface area (Å²) in [6.45, 7) is 7.93. The number of ether oxygens (including phenoxy) is 3. The molecule has 0 aromatic carbocycles. The van der Waals surface area contributed by atoms with Gasteiger partial charge in [-0.2, -0.15) is 13.2 Å². The molecule has 2 fully saturated rings. The predicted octanol–water partition coefficient (Wildman–Crippen LogP) is 3.05. The molecule has 5 rings (SSSR count).